The summed E-state index contributed by atoms with van der Waals surface area (Å²) in [7, 11) is 0. The fraction of sp³-hybridized carbons (Fsp3) is 0.394. The Hall–Kier alpha value is -4.85. The highest BCUT2D eigenvalue weighted by molar-refractivity contribution is 6.15. The van der Waals surface area contributed by atoms with E-state index in [0.717, 1.165) is 35.3 Å². The Kier molecular flexibility index (Phi) is 11.0. The van der Waals surface area contributed by atoms with Crippen molar-refractivity contribution < 1.29 is 32.3 Å². The molecule has 4 rings (SSSR count). The molecule has 47 heavy (non-hydrogen) atoms. The van der Waals surface area contributed by atoms with E-state index in [4.69, 9.17) is 10.7 Å². The van der Waals surface area contributed by atoms with Crippen molar-refractivity contribution in [1.82, 2.24) is 29.7 Å². The summed E-state index contributed by atoms with van der Waals surface area (Å²) in [6.07, 6.45) is 5.33. The lowest BCUT2D eigenvalue weighted by Crippen LogP contribution is -2.52. The Morgan fingerprint density at radius 1 is 1.09 bits per heavy atom. The molecule has 11 nitrogen and oxygen atoms in total. The van der Waals surface area contributed by atoms with Crippen molar-refractivity contribution in [3.8, 4) is 11.3 Å². The van der Waals surface area contributed by atoms with E-state index in [9.17, 15) is 32.3 Å². The van der Waals surface area contributed by atoms with Crippen molar-refractivity contribution in [2.75, 3.05) is 19.8 Å². The average Bonchev–Trinajstić information content (AvgIpc) is 3.59. The van der Waals surface area contributed by atoms with Crippen LogP contribution in [0, 0.1) is 17.0 Å². The van der Waals surface area contributed by atoms with Gasteiger partial charge in [0.05, 0.1) is 30.5 Å². The first-order valence-electron chi connectivity index (χ1n) is 15.1. The number of imidazole rings is 1. The summed E-state index contributed by atoms with van der Waals surface area (Å²) in [4.78, 5) is 62.4. The van der Waals surface area contributed by atoms with Gasteiger partial charge in [-0.1, -0.05) is 26.8 Å². The molecule has 0 spiro atoms. The summed E-state index contributed by atoms with van der Waals surface area (Å²) >= 11 is 0. The van der Waals surface area contributed by atoms with Crippen molar-refractivity contribution in [2.24, 2.45) is 11.1 Å². The molecule has 3 N–H and O–H groups in total. The molecule has 0 bridgehead atoms. The summed E-state index contributed by atoms with van der Waals surface area (Å²) in [5, 5.41) is 2.50. The number of rotatable bonds is 13. The van der Waals surface area contributed by atoms with E-state index in [0.29, 0.717) is 11.5 Å². The zero-order valence-corrected chi connectivity index (χ0v) is 26.6. The molecule has 0 aliphatic carbocycles. The Bertz CT molecular complexity index is 1640. The van der Waals surface area contributed by atoms with E-state index in [2.05, 4.69) is 10.3 Å². The first kappa shape index (κ1) is 35.0. The molecule has 0 fully saturated rings. The summed E-state index contributed by atoms with van der Waals surface area (Å²) in [5.41, 5.74) is 5.81. The van der Waals surface area contributed by atoms with E-state index in [1.807, 2.05) is 20.8 Å². The number of imide groups is 1. The molecule has 14 heteroatoms. The van der Waals surface area contributed by atoms with Crippen LogP contribution < -0.4 is 11.1 Å². The fourth-order valence-electron chi connectivity index (χ4n) is 5.36. The number of nitrogens with zero attached hydrogens (tertiary/aromatic N) is 5. The molecule has 0 saturated heterocycles. The number of hydrogen-bond acceptors (Lipinski definition) is 7. The molecule has 0 unspecified atom stereocenters. The summed E-state index contributed by atoms with van der Waals surface area (Å²) in [6.45, 7) is 5.69. The van der Waals surface area contributed by atoms with Gasteiger partial charge < -0.3 is 20.5 Å². The predicted octanol–water partition coefficient (Wildman–Crippen LogP) is 3.30. The second-order valence-corrected chi connectivity index (χ2v) is 12.4. The molecular formula is C33H38F3N7O4. The minimum absolute atomic E-state index is 0.0373. The number of hydrogen-bond donors (Lipinski definition) is 2. The van der Waals surface area contributed by atoms with Crippen LogP contribution in [-0.2, 0) is 25.7 Å². The molecule has 0 saturated carbocycles. The standard InChI is InChI=1S/C33H38F3N7O4/c1-20(43-27(44)10-11-28(43)45)32(47)39-17-29(46)42(14-12-22(37)16-34)30(33(2,3)4)31-40-26(24-15-21(35)8-9-25(24)36)19-41(31)18-23-7-5-6-13-38-23/h5-11,13,15,19-20,22,30H,12,14,16-18,37H2,1-4H3,(H,39,47)/t20-,22+,30-/m0/s1. The number of amides is 4. The first-order chi connectivity index (χ1) is 22.2. The largest absolute Gasteiger partial charge is 0.345 e. The maximum atomic E-state index is 15.0. The molecule has 3 atom stereocenters. The number of carbonyl (C=O) groups is 4. The second-order valence-electron chi connectivity index (χ2n) is 12.4. The smallest absolute Gasteiger partial charge is 0.254 e. The van der Waals surface area contributed by atoms with Gasteiger partial charge in [0.25, 0.3) is 11.8 Å². The van der Waals surface area contributed by atoms with E-state index >= 15 is 0 Å². The van der Waals surface area contributed by atoms with E-state index < -0.39 is 72.0 Å². The van der Waals surface area contributed by atoms with Crippen molar-refractivity contribution in [1.29, 1.82) is 0 Å². The van der Waals surface area contributed by atoms with Crippen LogP contribution in [0.5, 0.6) is 0 Å². The second kappa shape index (κ2) is 14.7. The number of benzene rings is 1. The van der Waals surface area contributed by atoms with Crippen LogP contribution in [0.2, 0.25) is 0 Å². The predicted molar refractivity (Wildman–Crippen MR) is 167 cm³/mol. The molecule has 1 aromatic carbocycles. The molecule has 3 heterocycles. The van der Waals surface area contributed by atoms with Crippen LogP contribution in [-0.4, -0.2) is 79.8 Å². The lowest BCUT2D eigenvalue weighted by atomic mass is 9.84. The molecule has 2 aromatic heterocycles. The third-order valence-electron chi connectivity index (χ3n) is 7.73. The van der Waals surface area contributed by atoms with Crippen molar-refractivity contribution in [3.05, 3.63) is 84.1 Å². The van der Waals surface area contributed by atoms with Gasteiger partial charge in [-0.05, 0) is 49.1 Å². The van der Waals surface area contributed by atoms with Gasteiger partial charge in [0.1, 0.15) is 30.2 Å². The number of alkyl halides is 1. The van der Waals surface area contributed by atoms with Gasteiger partial charge in [-0.3, -0.25) is 29.1 Å². The van der Waals surface area contributed by atoms with Crippen LogP contribution >= 0.6 is 0 Å². The number of nitrogens with one attached hydrogen (secondary N) is 1. The SMILES string of the molecule is C[C@@H](C(=O)NCC(=O)N(CC[C@@H](N)CF)[C@@H](c1nc(-c2cc(F)ccc2F)cn1Cc1ccccn1)C(C)(C)C)N1C(=O)C=CC1=O. The highest BCUT2D eigenvalue weighted by Crippen LogP contribution is 2.39. The summed E-state index contributed by atoms with van der Waals surface area (Å²) in [5.74, 6) is -3.67. The third-order valence-corrected chi connectivity index (χ3v) is 7.73. The molecule has 0 radical (unpaired) electrons. The van der Waals surface area contributed by atoms with Crippen molar-refractivity contribution in [3.63, 3.8) is 0 Å². The first-order valence-corrected chi connectivity index (χ1v) is 15.1. The number of aromatic nitrogens is 3. The number of halogens is 3. The lowest BCUT2D eigenvalue weighted by molar-refractivity contribution is -0.145. The van der Waals surface area contributed by atoms with E-state index in [1.165, 1.54) is 11.8 Å². The van der Waals surface area contributed by atoms with Gasteiger partial charge >= 0.3 is 0 Å². The van der Waals surface area contributed by atoms with Crippen molar-refractivity contribution >= 4 is 23.6 Å². The topological polar surface area (TPSA) is 144 Å². The fourth-order valence-corrected chi connectivity index (χ4v) is 5.36. The van der Waals surface area contributed by atoms with Crippen molar-refractivity contribution in [2.45, 2.75) is 58.8 Å². The Balaban J connectivity index is 1.74. The minimum Gasteiger partial charge on any atom is -0.345 e. The van der Waals surface area contributed by atoms with Gasteiger partial charge in [0.15, 0.2) is 0 Å². The minimum atomic E-state index is -1.19. The Morgan fingerprint density at radius 2 is 1.79 bits per heavy atom. The molecular weight excluding hydrogens is 615 g/mol. The maximum absolute atomic E-state index is 15.0. The molecule has 250 valence electrons. The highest BCUT2D eigenvalue weighted by atomic mass is 19.1. The van der Waals surface area contributed by atoms with Gasteiger partial charge in [0.2, 0.25) is 11.8 Å². The van der Waals surface area contributed by atoms with E-state index in [1.54, 1.807) is 35.2 Å². The molecule has 1 aliphatic heterocycles. The third kappa shape index (κ3) is 8.30. The van der Waals surface area contributed by atoms with Gasteiger partial charge in [0, 0.05) is 42.7 Å². The zero-order chi connectivity index (χ0) is 34.5. The molecule has 4 amide bonds. The number of carbonyl (C=O) groups excluding carboxylic acids is 4. The van der Waals surface area contributed by atoms with Crippen LogP contribution in [0.25, 0.3) is 11.3 Å². The van der Waals surface area contributed by atoms with Crippen LogP contribution in [0.4, 0.5) is 13.2 Å². The number of pyridine rings is 1. The summed E-state index contributed by atoms with van der Waals surface area (Å²) < 4.78 is 44.4. The normalized spacial score (nSPS) is 15.1. The highest BCUT2D eigenvalue weighted by Gasteiger charge is 2.39. The number of nitrogens with two attached hydrogens (primary N) is 1. The van der Waals surface area contributed by atoms with Gasteiger partial charge in [-0.2, -0.15) is 0 Å². The van der Waals surface area contributed by atoms with Gasteiger partial charge in [-0.15, -0.1) is 0 Å². The quantitative estimate of drug-likeness (QED) is 0.270. The monoisotopic (exact) mass is 653 g/mol. The van der Waals surface area contributed by atoms with Crippen LogP contribution in [0.1, 0.15) is 51.7 Å². The maximum Gasteiger partial charge on any atom is 0.254 e. The molecule has 3 aromatic rings. The van der Waals surface area contributed by atoms with Crippen LogP contribution in [0.15, 0.2) is 60.9 Å². The summed E-state index contributed by atoms with van der Waals surface area (Å²) in [6, 6.07) is 5.43. The van der Waals surface area contributed by atoms with Gasteiger partial charge in [-0.25, -0.2) is 18.2 Å². The van der Waals surface area contributed by atoms with Crippen LogP contribution in [0.3, 0.4) is 0 Å². The molecule has 1 aliphatic rings. The Morgan fingerprint density at radius 3 is 2.40 bits per heavy atom. The average molecular weight is 654 g/mol. The lowest BCUT2D eigenvalue weighted by Gasteiger charge is -2.40. The van der Waals surface area contributed by atoms with E-state index in [-0.39, 0.29) is 30.8 Å². The zero-order valence-electron chi connectivity index (χ0n) is 26.6. The Labute approximate surface area is 270 Å².